The quantitative estimate of drug-likeness (QED) is 0.802. The lowest BCUT2D eigenvalue weighted by Crippen LogP contribution is -2.46. The second-order valence-corrected chi connectivity index (χ2v) is 5.85. The van der Waals surface area contributed by atoms with E-state index in [0.717, 1.165) is 10.3 Å². The van der Waals surface area contributed by atoms with E-state index in [4.69, 9.17) is 0 Å². The van der Waals surface area contributed by atoms with Crippen molar-refractivity contribution in [1.29, 1.82) is 0 Å². The molecule has 1 aromatic rings. The summed E-state index contributed by atoms with van der Waals surface area (Å²) in [5.74, 6) is 0.0325. The molecule has 0 atom stereocenters. The Morgan fingerprint density at radius 3 is 2.67 bits per heavy atom. The highest BCUT2D eigenvalue weighted by Crippen LogP contribution is 2.20. The molecule has 5 heteroatoms. The molecule has 0 aliphatic carbocycles. The van der Waals surface area contributed by atoms with Gasteiger partial charge in [-0.1, -0.05) is 15.9 Å². The maximum atomic E-state index is 12.0. The Hall–Kier alpha value is -0.420. The number of amides is 1. The summed E-state index contributed by atoms with van der Waals surface area (Å²) in [6.45, 7) is 5.94. The third kappa shape index (κ3) is 2.78. The third-order valence-electron chi connectivity index (χ3n) is 2.37. The average molecular weight is 291 g/mol. The van der Waals surface area contributed by atoms with E-state index in [0.29, 0.717) is 4.88 Å². The number of thiazole rings is 1. The number of hydrogen-bond acceptors (Lipinski definition) is 3. The minimum absolute atomic E-state index is 0.0325. The molecule has 0 N–H and O–H groups in total. The van der Waals surface area contributed by atoms with Gasteiger partial charge in [0.25, 0.3) is 5.91 Å². The summed E-state index contributed by atoms with van der Waals surface area (Å²) in [4.78, 5) is 18.6. The number of nitrogens with zero attached hydrogens (tertiary/aromatic N) is 2. The van der Waals surface area contributed by atoms with Gasteiger partial charge >= 0.3 is 0 Å². The van der Waals surface area contributed by atoms with Crippen molar-refractivity contribution in [1.82, 2.24) is 9.88 Å². The Bertz CT molecular complexity index is 362. The van der Waals surface area contributed by atoms with E-state index >= 15 is 0 Å². The average Bonchev–Trinajstić information content (AvgIpc) is 2.62. The van der Waals surface area contributed by atoms with Crippen molar-refractivity contribution >= 4 is 33.2 Å². The van der Waals surface area contributed by atoms with Crippen molar-refractivity contribution in [3.8, 4) is 0 Å². The summed E-state index contributed by atoms with van der Waals surface area (Å²) in [6, 6.07) is 0. The number of aromatic nitrogens is 1. The van der Waals surface area contributed by atoms with Gasteiger partial charge in [0, 0.05) is 17.9 Å². The fraction of sp³-hybridized carbons (Fsp3) is 0.600. The van der Waals surface area contributed by atoms with Gasteiger partial charge in [0.05, 0.1) is 11.2 Å². The molecular weight excluding hydrogens is 276 g/mol. The first-order chi connectivity index (χ1) is 6.88. The molecule has 0 aromatic carbocycles. The second-order valence-electron chi connectivity index (χ2n) is 4.05. The largest absolute Gasteiger partial charge is 0.335 e. The summed E-state index contributed by atoms with van der Waals surface area (Å²) in [7, 11) is 1.82. The van der Waals surface area contributed by atoms with E-state index in [9.17, 15) is 4.79 Å². The smallest absolute Gasteiger partial charge is 0.265 e. The normalized spacial score (nSPS) is 11.5. The van der Waals surface area contributed by atoms with E-state index in [2.05, 4.69) is 20.9 Å². The fourth-order valence-electron chi connectivity index (χ4n) is 0.990. The molecule has 0 saturated heterocycles. The van der Waals surface area contributed by atoms with Crippen molar-refractivity contribution in [2.45, 2.75) is 26.3 Å². The predicted molar refractivity (Wildman–Crippen MR) is 66.8 cm³/mol. The summed E-state index contributed by atoms with van der Waals surface area (Å²) < 4.78 is 0. The van der Waals surface area contributed by atoms with Crippen LogP contribution in [-0.4, -0.2) is 33.7 Å². The molecule has 1 amide bonds. The minimum Gasteiger partial charge on any atom is -0.335 e. The number of aryl methyl sites for hydroxylation is 1. The lowest BCUT2D eigenvalue weighted by molar-refractivity contribution is 0.0668. The molecule has 1 aromatic heterocycles. The Morgan fingerprint density at radius 1 is 1.67 bits per heavy atom. The van der Waals surface area contributed by atoms with Gasteiger partial charge in [-0.15, -0.1) is 11.3 Å². The molecule has 0 bridgehead atoms. The van der Waals surface area contributed by atoms with Crippen LogP contribution in [0, 0.1) is 6.92 Å². The Balaban J connectivity index is 2.86. The monoisotopic (exact) mass is 290 g/mol. The van der Waals surface area contributed by atoms with Crippen LogP contribution < -0.4 is 0 Å². The molecule has 84 valence electrons. The highest BCUT2D eigenvalue weighted by Gasteiger charge is 2.27. The van der Waals surface area contributed by atoms with Gasteiger partial charge in [-0.3, -0.25) is 4.79 Å². The van der Waals surface area contributed by atoms with Gasteiger partial charge in [0.1, 0.15) is 4.88 Å². The molecule has 0 unspecified atom stereocenters. The zero-order valence-electron chi connectivity index (χ0n) is 9.37. The first-order valence-electron chi connectivity index (χ1n) is 4.65. The van der Waals surface area contributed by atoms with Gasteiger partial charge < -0.3 is 4.90 Å². The molecule has 0 fully saturated rings. The predicted octanol–water partition coefficient (Wildman–Crippen LogP) is 2.70. The highest BCUT2D eigenvalue weighted by molar-refractivity contribution is 9.09. The van der Waals surface area contributed by atoms with E-state index in [-0.39, 0.29) is 11.4 Å². The van der Waals surface area contributed by atoms with E-state index in [1.165, 1.54) is 11.3 Å². The van der Waals surface area contributed by atoms with Crippen LogP contribution in [0.2, 0.25) is 0 Å². The van der Waals surface area contributed by atoms with Gasteiger partial charge in [0.2, 0.25) is 0 Å². The minimum atomic E-state index is -0.186. The molecule has 15 heavy (non-hydrogen) atoms. The first kappa shape index (κ1) is 12.6. The van der Waals surface area contributed by atoms with Crippen molar-refractivity contribution in [3.05, 3.63) is 16.1 Å². The molecule has 3 nitrogen and oxygen atoms in total. The fourth-order valence-corrected chi connectivity index (χ4v) is 2.12. The SMILES string of the molecule is Cc1ncc(C(=O)N(C)C(C)(C)CBr)s1. The summed E-state index contributed by atoms with van der Waals surface area (Å²) in [5.41, 5.74) is -0.186. The molecule has 0 aliphatic heterocycles. The second kappa shape index (κ2) is 4.61. The van der Waals surface area contributed by atoms with Gasteiger partial charge in [0.15, 0.2) is 0 Å². The molecule has 0 radical (unpaired) electrons. The van der Waals surface area contributed by atoms with Crippen molar-refractivity contribution < 1.29 is 4.79 Å². The molecular formula is C10H15BrN2OS. The third-order valence-corrected chi connectivity index (χ3v) is 4.64. The van der Waals surface area contributed by atoms with Crippen LogP contribution in [-0.2, 0) is 0 Å². The van der Waals surface area contributed by atoms with Crippen LogP contribution in [0.1, 0.15) is 28.5 Å². The van der Waals surface area contributed by atoms with Crippen molar-refractivity contribution in [2.75, 3.05) is 12.4 Å². The maximum absolute atomic E-state index is 12.0. The molecule has 1 heterocycles. The maximum Gasteiger partial charge on any atom is 0.265 e. The molecule has 1 rings (SSSR count). The lowest BCUT2D eigenvalue weighted by Gasteiger charge is -2.33. The van der Waals surface area contributed by atoms with Crippen molar-refractivity contribution in [2.24, 2.45) is 0 Å². The van der Waals surface area contributed by atoms with Crippen LogP contribution in [0.5, 0.6) is 0 Å². The number of carbonyl (C=O) groups is 1. The van der Waals surface area contributed by atoms with Gasteiger partial charge in [-0.2, -0.15) is 0 Å². The lowest BCUT2D eigenvalue weighted by atomic mass is 10.1. The Morgan fingerprint density at radius 2 is 2.27 bits per heavy atom. The van der Waals surface area contributed by atoms with E-state index in [1.54, 1.807) is 11.1 Å². The van der Waals surface area contributed by atoms with Crippen LogP contribution in [0.25, 0.3) is 0 Å². The summed E-state index contributed by atoms with van der Waals surface area (Å²) >= 11 is 4.84. The topological polar surface area (TPSA) is 33.2 Å². The summed E-state index contributed by atoms with van der Waals surface area (Å²) in [5, 5.41) is 1.67. The first-order valence-corrected chi connectivity index (χ1v) is 6.59. The number of carbonyl (C=O) groups excluding carboxylic acids is 1. The van der Waals surface area contributed by atoms with Crippen LogP contribution in [0.15, 0.2) is 6.20 Å². The van der Waals surface area contributed by atoms with Crippen molar-refractivity contribution in [3.63, 3.8) is 0 Å². The number of rotatable bonds is 3. The van der Waals surface area contributed by atoms with Gasteiger partial charge in [-0.25, -0.2) is 4.98 Å². The summed E-state index contributed by atoms with van der Waals surface area (Å²) in [6.07, 6.45) is 1.64. The standard InChI is InChI=1S/C10H15BrN2OS/c1-7-12-5-8(15-7)9(14)13(4)10(2,3)6-11/h5H,6H2,1-4H3. The highest BCUT2D eigenvalue weighted by atomic mass is 79.9. The zero-order chi connectivity index (χ0) is 11.6. The van der Waals surface area contributed by atoms with Crippen LogP contribution >= 0.6 is 27.3 Å². The Labute approximate surface area is 103 Å². The van der Waals surface area contributed by atoms with E-state index < -0.39 is 0 Å². The molecule has 0 saturated carbocycles. The zero-order valence-corrected chi connectivity index (χ0v) is 11.8. The van der Waals surface area contributed by atoms with Gasteiger partial charge in [-0.05, 0) is 20.8 Å². The van der Waals surface area contributed by atoms with Crippen LogP contribution in [0.3, 0.4) is 0 Å². The van der Waals surface area contributed by atoms with E-state index in [1.807, 2.05) is 27.8 Å². The van der Waals surface area contributed by atoms with Crippen LogP contribution in [0.4, 0.5) is 0 Å². The number of alkyl halides is 1. The number of hydrogen-bond donors (Lipinski definition) is 0. The number of halogens is 1. The molecule has 0 spiro atoms. The molecule has 0 aliphatic rings. The Kier molecular flexibility index (Phi) is 3.89.